The predicted octanol–water partition coefficient (Wildman–Crippen LogP) is 0.818. The van der Waals surface area contributed by atoms with Crippen LogP contribution in [-0.2, 0) is 14.8 Å². The summed E-state index contributed by atoms with van der Waals surface area (Å²) in [5, 5.41) is 5.83. The molecule has 2 aliphatic rings. The Morgan fingerprint density at radius 3 is 2.52 bits per heavy atom. The second-order valence-electron chi connectivity index (χ2n) is 5.63. The Balaban J connectivity index is 1.62. The number of anilines is 1. The first-order chi connectivity index (χ1) is 10.0. The molecule has 0 aliphatic heterocycles. The molecule has 2 fully saturated rings. The zero-order chi connectivity index (χ0) is 14.9. The zero-order valence-corrected chi connectivity index (χ0v) is 12.4. The van der Waals surface area contributed by atoms with Crippen LogP contribution in [0.4, 0.5) is 5.69 Å². The van der Waals surface area contributed by atoms with Crippen molar-refractivity contribution < 1.29 is 13.2 Å². The monoisotopic (exact) mass is 309 g/mol. The average Bonchev–Trinajstić information content (AvgIpc) is 3.32. The second-order valence-corrected chi connectivity index (χ2v) is 7.34. The van der Waals surface area contributed by atoms with Crippen LogP contribution >= 0.6 is 0 Å². The van der Waals surface area contributed by atoms with Gasteiger partial charge in [-0.1, -0.05) is 6.07 Å². The molecular formula is C14H19N3O3S. The minimum atomic E-state index is -3.49. The van der Waals surface area contributed by atoms with Crippen molar-refractivity contribution in [2.45, 2.75) is 42.7 Å². The molecule has 21 heavy (non-hydrogen) atoms. The maximum absolute atomic E-state index is 12.1. The van der Waals surface area contributed by atoms with Gasteiger partial charge in [-0.2, -0.15) is 0 Å². The summed E-state index contributed by atoms with van der Waals surface area (Å²) in [6.07, 6.45) is 4.02. The molecule has 0 spiro atoms. The lowest BCUT2D eigenvalue weighted by Gasteiger charge is -2.09. The van der Waals surface area contributed by atoms with Crippen molar-refractivity contribution in [1.29, 1.82) is 0 Å². The van der Waals surface area contributed by atoms with Crippen molar-refractivity contribution >= 4 is 21.6 Å². The van der Waals surface area contributed by atoms with Crippen molar-refractivity contribution in [3.05, 3.63) is 24.3 Å². The summed E-state index contributed by atoms with van der Waals surface area (Å²) < 4.78 is 26.8. The van der Waals surface area contributed by atoms with Crippen LogP contribution < -0.4 is 15.4 Å². The highest BCUT2D eigenvalue weighted by Gasteiger charge is 2.28. The molecule has 0 aromatic heterocycles. The molecule has 3 N–H and O–H groups in total. The molecule has 1 amide bonds. The van der Waals surface area contributed by atoms with Crippen molar-refractivity contribution in [1.82, 2.24) is 10.0 Å². The summed E-state index contributed by atoms with van der Waals surface area (Å²) >= 11 is 0. The molecule has 2 saturated carbocycles. The molecule has 0 heterocycles. The molecule has 6 nitrogen and oxygen atoms in total. The van der Waals surface area contributed by atoms with Crippen LogP contribution in [-0.4, -0.2) is 33.0 Å². The molecule has 1 aromatic rings. The third kappa shape index (κ3) is 4.26. The Labute approximate surface area is 124 Å². The SMILES string of the molecule is O=C(CNC1CC1)Nc1cccc(S(=O)(=O)NC2CC2)c1. The van der Waals surface area contributed by atoms with Crippen molar-refractivity contribution in [2.75, 3.05) is 11.9 Å². The largest absolute Gasteiger partial charge is 0.325 e. The average molecular weight is 309 g/mol. The van der Waals surface area contributed by atoms with Crippen molar-refractivity contribution in [2.24, 2.45) is 0 Å². The molecule has 3 rings (SSSR count). The van der Waals surface area contributed by atoms with Crippen molar-refractivity contribution in [3.8, 4) is 0 Å². The highest BCUT2D eigenvalue weighted by Crippen LogP contribution is 2.23. The molecular weight excluding hydrogens is 290 g/mol. The maximum atomic E-state index is 12.1. The van der Waals surface area contributed by atoms with E-state index in [0.717, 1.165) is 25.7 Å². The third-order valence-electron chi connectivity index (χ3n) is 3.46. The van der Waals surface area contributed by atoms with Gasteiger partial charge < -0.3 is 10.6 Å². The molecule has 0 atom stereocenters. The molecule has 0 radical (unpaired) electrons. The number of hydrogen-bond donors (Lipinski definition) is 3. The topological polar surface area (TPSA) is 87.3 Å². The van der Waals surface area contributed by atoms with Gasteiger partial charge in [-0.15, -0.1) is 0 Å². The smallest absolute Gasteiger partial charge is 0.240 e. The first-order valence-electron chi connectivity index (χ1n) is 7.18. The highest BCUT2D eigenvalue weighted by atomic mass is 32.2. The quantitative estimate of drug-likeness (QED) is 0.696. The molecule has 7 heteroatoms. The Kier molecular flexibility index (Phi) is 3.97. The first-order valence-corrected chi connectivity index (χ1v) is 8.67. The van der Waals surface area contributed by atoms with Gasteiger partial charge in [0.05, 0.1) is 11.4 Å². The van der Waals surface area contributed by atoms with E-state index in [4.69, 9.17) is 0 Å². The van der Waals surface area contributed by atoms with Crippen LogP contribution in [0.2, 0.25) is 0 Å². The van der Waals surface area contributed by atoms with E-state index in [1.165, 1.54) is 12.1 Å². The normalized spacial score (nSPS) is 18.5. The van der Waals surface area contributed by atoms with E-state index >= 15 is 0 Å². The lowest BCUT2D eigenvalue weighted by Crippen LogP contribution is -2.29. The van der Waals surface area contributed by atoms with Crippen LogP contribution in [0.1, 0.15) is 25.7 Å². The molecule has 0 unspecified atom stereocenters. The van der Waals surface area contributed by atoms with Gasteiger partial charge in [0.15, 0.2) is 0 Å². The number of benzene rings is 1. The summed E-state index contributed by atoms with van der Waals surface area (Å²) in [4.78, 5) is 11.9. The van der Waals surface area contributed by atoms with Crippen LogP contribution in [0.25, 0.3) is 0 Å². The van der Waals surface area contributed by atoms with Gasteiger partial charge in [0.25, 0.3) is 0 Å². The summed E-state index contributed by atoms with van der Waals surface area (Å²) in [6.45, 7) is 0.252. The van der Waals surface area contributed by atoms with E-state index < -0.39 is 10.0 Å². The molecule has 1 aromatic carbocycles. The Bertz CT molecular complexity index is 637. The standard InChI is InChI=1S/C14H19N3O3S/c18-14(9-15-10-4-5-10)16-12-2-1-3-13(8-12)21(19,20)17-11-6-7-11/h1-3,8,10-11,15,17H,4-7,9H2,(H,16,18). The Hall–Kier alpha value is -1.44. The van der Waals surface area contributed by atoms with Gasteiger partial charge in [0, 0.05) is 17.8 Å². The fourth-order valence-electron chi connectivity index (χ4n) is 1.96. The minimum Gasteiger partial charge on any atom is -0.325 e. The zero-order valence-electron chi connectivity index (χ0n) is 11.6. The van der Waals surface area contributed by atoms with Gasteiger partial charge in [0.1, 0.15) is 0 Å². The van der Waals surface area contributed by atoms with Crippen molar-refractivity contribution in [3.63, 3.8) is 0 Å². The van der Waals surface area contributed by atoms with E-state index in [1.807, 2.05) is 0 Å². The van der Waals surface area contributed by atoms with Gasteiger partial charge in [-0.25, -0.2) is 13.1 Å². The van der Waals surface area contributed by atoms with Crippen LogP contribution in [0.5, 0.6) is 0 Å². The van der Waals surface area contributed by atoms with Gasteiger partial charge >= 0.3 is 0 Å². The fourth-order valence-corrected chi connectivity index (χ4v) is 3.31. The first kappa shape index (κ1) is 14.5. The number of rotatable bonds is 7. The van der Waals surface area contributed by atoms with E-state index in [1.54, 1.807) is 12.1 Å². The highest BCUT2D eigenvalue weighted by molar-refractivity contribution is 7.89. The number of carbonyl (C=O) groups is 1. The van der Waals surface area contributed by atoms with Crippen LogP contribution in [0, 0.1) is 0 Å². The molecule has 0 saturated heterocycles. The van der Waals surface area contributed by atoms with E-state index in [9.17, 15) is 13.2 Å². The summed E-state index contributed by atoms with van der Waals surface area (Å²) in [7, 11) is -3.49. The van der Waals surface area contributed by atoms with E-state index in [0.29, 0.717) is 11.7 Å². The van der Waals surface area contributed by atoms with Crippen LogP contribution in [0.3, 0.4) is 0 Å². The van der Waals surface area contributed by atoms with Crippen LogP contribution in [0.15, 0.2) is 29.2 Å². The number of nitrogens with one attached hydrogen (secondary N) is 3. The summed E-state index contributed by atoms with van der Waals surface area (Å²) in [5.41, 5.74) is 0.497. The second kappa shape index (κ2) is 5.75. The molecule has 114 valence electrons. The fraction of sp³-hybridized carbons (Fsp3) is 0.500. The number of carbonyl (C=O) groups excluding carboxylic acids is 1. The lowest BCUT2D eigenvalue weighted by molar-refractivity contribution is -0.115. The van der Waals surface area contributed by atoms with Gasteiger partial charge in [0.2, 0.25) is 15.9 Å². The Morgan fingerprint density at radius 1 is 1.14 bits per heavy atom. The van der Waals surface area contributed by atoms with Gasteiger partial charge in [-0.05, 0) is 43.9 Å². The maximum Gasteiger partial charge on any atom is 0.240 e. The van der Waals surface area contributed by atoms with E-state index in [-0.39, 0.29) is 23.4 Å². The van der Waals surface area contributed by atoms with Gasteiger partial charge in [-0.3, -0.25) is 4.79 Å². The number of amides is 1. The minimum absolute atomic E-state index is 0.0657. The Morgan fingerprint density at radius 2 is 1.86 bits per heavy atom. The lowest BCUT2D eigenvalue weighted by atomic mass is 10.3. The molecule has 0 bridgehead atoms. The molecule has 2 aliphatic carbocycles. The van der Waals surface area contributed by atoms with E-state index in [2.05, 4.69) is 15.4 Å². The predicted molar refractivity (Wildman–Crippen MR) is 79.4 cm³/mol. The summed E-state index contributed by atoms with van der Waals surface area (Å²) in [6, 6.07) is 6.86. The number of sulfonamides is 1. The third-order valence-corrected chi connectivity index (χ3v) is 4.97. The summed E-state index contributed by atoms with van der Waals surface area (Å²) in [5.74, 6) is -0.161. The number of hydrogen-bond acceptors (Lipinski definition) is 4.